The van der Waals surface area contributed by atoms with Gasteiger partial charge in [-0.2, -0.15) is 4.31 Å². The molecule has 0 spiro atoms. The van der Waals surface area contributed by atoms with E-state index in [1.165, 1.54) is 10.5 Å². The number of aromatic hydroxyl groups is 1. The average Bonchev–Trinajstić information content (AvgIpc) is 3.34. The summed E-state index contributed by atoms with van der Waals surface area (Å²) in [4.78, 5) is 4.03. The number of sulfonamides is 1. The molecular formula is C18H18BrN3O4S. The monoisotopic (exact) mass is 451 g/mol. The SMILES string of the molecule is O=S(=O)(c1cccc2c(O)ncc(Br)c12)N1CCC(NCc2ccco2)C1. The van der Waals surface area contributed by atoms with Gasteiger partial charge in [-0.1, -0.05) is 6.07 Å². The van der Waals surface area contributed by atoms with E-state index in [0.29, 0.717) is 34.9 Å². The summed E-state index contributed by atoms with van der Waals surface area (Å²) in [5.41, 5.74) is 0. The van der Waals surface area contributed by atoms with Crippen LogP contribution in [0.25, 0.3) is 10.8 Å². The second-order valence-corrected chi connectivity index (χ2v) is 9.18. The standard InChI is InChI=1S/C18H18BrN3O4S/c19-15-10-21-18(23)14-4-1-5-16(17(14)15)27(24,25)22-7-6-12(11-22)20-9-13-3-2-8-26-13/h1-5,8,10,12,20H,6-7,9,11H2,(H,21,23). The fraction of sp³-hybridized carbons (Fsp3) is 0.278. The van der Waals surface area contributed by atoms with Crippen LogP contribution in [0.3, 0.4) is 0 Å². The normalized spacial score (nSPS) is 18.3. The maximum absolute atomic E-state index is 13.2. The van der Waals surface area contributed by atoms with Crippen molar-refractivity contribution in [2.45, 2.75) is 23.9 Å². The molecule has 7 nitrogen and oxygen atoms in total. The van der Waals surface area contributed by atoms with Crippen LogP contribution >= 0.6 is 15.9 Å². The largest absolute Gasteiger partial charge is 0.493 e. The summed E-state index contributed by atoms with van der Waals surface area (Å²) in [7, 11) is -3.71. The van der Waals surface area contributed by atoms with E-state index in [-0.39, 0.29) is 16.8 Å². The highest BCUT2D eigenvalue weighted by molar-refractivity contribution is 9.10. The number of furan rings is 1. The first-order valence-electron chi connectivity index (χ1n) is 8.49. The second kappa shape index (κ2) is 7.23. The molecule has 2 aromatic heterocycles. The van der Waals surface area contributed by atoms with Gasteiger partial charge in [-0.15, -0.1) is 0 Å². The Morgan fingerprint density at radius 3 is 2.96 bits per heavy atom. The number of halogens is 1. The average molecular weight is 452 g/mol. The van der Waals surface area contributed by atoms with E-state index >= 15 is 0 Å². The smallest absolute Gasteiger partial charge is 0.243 e. The number of hydrogen-bond acceptors (Lipinski definition) is 6. The van der Waals surface area contributed by atoms with E-state index in [4.69, 9.17) is 4.42 Å². The predicted octanol–water partition coefficient (Wildman–Crippen LogP) is 2.85. The lowest BCUT2D eigenvalue weighted by molar-refractivity contribution is 0.433. The van der Waals surface area contributed by atoms with Gasteiger partial charge in [-0.3, -0.25) is 0 Å². The molecule has 1 aliphatic rings. The molecule has 3 heterocycles. The quantitative estimate of drug-likeness (QED) is 0.618. The Kier molecular flexibility index (Phi) is 4.94. The molecule has 142 valence electrons. The van der Waals surface area contributed by atoms with Crippen LogP contribution in [0.2, 0.25) is 0 Å². The highest BCUT2D eigenvalue weighted by Gasteiger charge is 2.34. The van der Waals surface area contributed by atoms with E-state index in [1.54, 1.807) is 24.5 Å². The van der Waals surface area contributed by atoms with Gasteiger partial charge in [0.1, 0.15) is 5.76 Å². The number of rotatable bonds is 5. The highest BCUT2D eigenvalue weighted by atomic mass is 79.9. The molecule has 9 heteroatoms. The van der Waals surface area contributed by atoms with Crippen molar-refractivity contribution in [1.29, 1.82) is 0 Å². The van der Waals surface area contributed by atoms with Crippen LogP contribution in [-0.2, 0) is 16.6 Å². The van der Waals surface area contributed by atoms with Crippen LogP contribution < -0.4 is 5.32 Å². The van der Waals surface area contributed by atoms with Gasteiger partial charge in [0, 0.05) is 40.6 Å². The minimum atomic E-state index is -3.71. The molecule has 4 rings (SSSR count). The zero-order valence-corrected chi connectivity index (χ0v) is 16.7. The molecule has 1 saturated heterocycles. The van der Waals surface area contributed by atoms with Crippen molar-refractivity contribution < 1.29 is 17.9 Å². The Hall–Kier alpha value is -1.94. The zero-order valence-electron chi connectivity index (χ0n) is 14.3. The third-order valence-corrected chi connectivity index (χ3v) is 7.23. The van der Waals surface area contributed by atoms with Crippen LogP contribution in [-0.4, -0.2) is 41.9 Å². The lowest BCUT2D eigenvalue weighted by Gasteiger charge is -2.19. The lowest BCUT2D eigenvalue weighted by Crippen LogP contribution is -2.35. The molecule has 27 heavy (non-hydrogen) atoms. The van der Waals surface area contributed by atoms with Crippen molar-refractivity contribution >= 4 is 36.7 Å². The van der Waals surface area contributed by atoms with Crippen molar-refractivity contribution in [2.75, 3.05) is 13.1 Å². The summed E-state index contributed by atoms with van der Waals surface area (Å²) in [5.74, 6) is 0.627. The van der Waals surface area contributed by atoms with Gasteiger partial charge in [-0.05, 0) is 46.6 Å². The van der Waals surface area contributed by atoms with E-state index < -0.39 is 10.0 Å². The molecule has 0 radical (unpaired) electrons. The molecule has 1 unspecified atom stereocenters. The van der Waals surface area contributed by atoms with Crippen LogP contribution in [0.1, 0.15) is 12.2 Å². The minimum Gasteiger partial charge on any atom is -0.493 e. The first-order valence-corrected chi connectivity index (χ1v) is 10.7. The summed E-state index contributed by atoms with van der Waals surface area (Å²) in [6.07, 6.45) is 3.75. The van der Waals surface area contributed by atoms with Gasteiger partial charge in [0.05, 0.1) is 17.7 Å². The van der Waals surface area contributed by atoms with E-state index in [0.717, 1.165) is 12.2 Å². The summed E-state index contributed by atoms with van der Waals surface area (Å²) < 4.78 is 33.8. The van der Waals surface area contributed by atoms with Crippen molar-refractivity contribution in [1.82, 2.24) is 14.6 Å². The van der Waals surface area contributed by atoms with Crippen LogP contribution in [0.4, 0.5) is 0 Å². The lowest BCUT2D eigenvalue weighted by atomic mass is 10.2. The maximum atomic E-state index is 13.2. The minimum absolute atomic E-state index is 0.0540. The Morgan fingerprint density at radius 2 is 2.19 bits per heavy atom. The third kappa shape index (κ3) is 3.47. The van der Waals surface area contributed by atoms with Crippen molar-refractivity contribution in [3.63, 3.8) is 0 Å². The summed E-state index contributed by atoms with van der Waals surface area (Å²) in [6, 6.07) is 8.59. The van der Waals surface area contributed by atoms with Crippen LogP contribution in [0, 0.1) is 0 Å². The first kappa shape index (κ1) is 18.4. The topological polar surface area (TPSA) is 95.7 Å². The Balaban J connectivity index is 1.59. The molecule has 0 bridgehead atoms. The van der Waals surface area contributed by atoms with Crippen LogP contribution in [0.15, 0.2) is 56.6 Å². The summed E-state index contributed by atoms with van der Waals surface area (Å²) in [6.45, 7) is 1.38. The first-order chi connectivity index (χ1) is 13.0. The predicted molar refractivity (Wildman–Crippen MR) is 104 cm³/mol. The molecule has 0 aliphatic carbocycles. The van der Waals surface area contributed by atoms with Gasteiger partial charge in [-0.25, -0.2) is 13.4 Å². The molecule has 1 fully saturated rings. The third-order valence-electron chi connectivity index (χ3n) is 4.72. The Labute approximate surface area is 165 Å². The molecule has 2 N–H and O–H groups in total. The van der Waals surface area contributed by atoms with Crippen molar-refractivity contribution in [2.24, 2.45) is 0 Å². The van der Waals surface area contributed by atoms with E-state index in [2.05, 4.69) is 26.2 Å². The number of pyridine rings is 1. The zero-order chi connectivity index (χ0) is 19.0. The van der Waals surface area contributed by atoms with E-state index in [1.807, 2.05) is 12.1 Å². The molecule has 3 aromatic rings. The molecule has 1 aromatic carbocycles. The Bertz CT molecular complexity index is 1070. The number of nitrogens with one attached hydrogen (secondary N) is 1. The fourth-order valence-corrected chi connectivity index (χ4v) is 5.73. The van der Waals surface area contributed by atoms with Crippen molar-refractivity contribution in [3.8, 4) is 5.88 Å². The second-order valence-electron chi connectivity index (χ2n) is 6.42. The molecule has 0 amide bonds. The number of fused-ring (bicyclic) bond motifs is 1. The maximum Gasteiger partial charge on any atom is 0.243 e. The molecule has 1 atom stereocenters. The van der Waals surface area contributed by atoms with Gasteiger partial charge >= 0.3 is 0 Å². The fourth-order valence-electron chi connectivity index (χ4n) is 3.34. The Morgan fingerprint density at radius 1 is 1.33 bits per heavy atom. The number of aromatic nitrogens is 1. The number of benzene rings is 1. The number of hydrogen-bond donors (Lipinski definition) is 2. The van der Waals surface area contributed by atoms with Crippen molar-refractivity contribution in [3.05, 3.63) is 53.0 Å². The van der Waals surface area contributed by atoms with Crippen LogP contribution in [0.5, 0.6) is 5.88 Å². The highest BCUT2D eigenvalue weighted by Crippen LogP contribution is 2.35. The van der Waals surface area contributed by atoms with E-state index in [9.17, 15) is 13.5 Å². The summed E-state index contributed by atoms with van der Waals surface area (Å²) in [5, 5.41) is 14.2. The van der Waals surface area contributed by atoms with Gasteiger partial charge in [0.2, 0.25) is 15.9 Å². The van der Waals surface area contributed by atoms with Gasteiger partial charge in [0.15, 0.2) is 0 Å². The summed E-state index contributed by atoms with van der Waals surface area (Å²) >= 11 is 3.36. The van der Waals surface area contributed by atoms with Gasteiger partial charge < -0.3 is 14.8 Å². The molecule has 1 aliphatic heterocycles. The van der Waals surface area contributed by atoms with Gasteiger partial charge in [0.25, 0.3) is 0 Å². The molecule has 0 saturated carbocycles. The number of nitrogens with zero attached hydrogens (tertiary/aromatic N) is 2. The molecular weight excluding hydrogens is 434 g/mol.